The third-order valence-electron chi connectivity index (χ3n) is 3.87. The van der Waals surface area contributed by atoms with Crippen LogP contribution in [0.2, 0.25) is 0 Å². The first-order valence-corrected chi connectivity index (χ1v) is 7.09. The minimum absolute atomic E-state index is 0.852. The number of hydrogen-bond acceptors (Lipinski definition) is 5. The van der Waals surface area contributed by atoms with Crippen molar-refractivity contribution < 1.29 is 0 Å². The Bertz CT molecular complexity index is 391. The van der Waals surface area contributed by atoms with Crippen molar-refractivity contribution in [2.24, 2.45) is 5.92 Å². The molecule has 1 heterocycles. The van der Waals surface area contributed by atoms with Crippen LogP contribution in [0.15, 0.2) is 12.4 Å². The molecule has 0 saturated heterocycles. The van der Waals surface area contributed by atoms with E-state index < -0.39 is 0 Å². The van der Waals surface area contributed by atoms with Crippen LogP contribution in [-0.2, 0) is 0 Å². The summed E-state index contributed by atoms with van der Waals surface area (Å²) in [5.41, 5.74) is 0. The number of anilines is 2. The third kappa shape index (κ3) is 3.80. The van der Waals surface area contributed by atoms with Gasteiger partial charge in [-0.3, -0.25) is 0 Å². The first-order valence-electron chi connectivity index (χ1n) is 7.09. The Balaban J connectivity index is 1.96. The maximum absolute atomic E-state index is 4.39. The summed E-state index contributed by atoms with van der Waals surface area (Å²) in [6.07, 6.45) is 5.78. The van der Waals surface area contributed by atoms with Crippen molar-refractivity contribution in [2.45, 2.75) is 19.3 Å². The fourth-order valence-electron chi connectivity index (χ4n) is 2.30. The highest BCUT2D eigenvalue weighted by Crippen LogP contribution is 2.28. The van der Waals surface area contributed by atoms with Crippen LogP contribution >= 0.6 is 0 Å². The van der Waals surface area contributed by atoms with Gasteiger partial charge in [-0.05, 0) is 25.8 Å². The lowest BCUT2D eigenvalue weighted by Gasteiger charge is -2.31. The Labute approximate surface area is 116 Å². The van der Waals surface area contributed by atoms with Gasteiger partial charge in [-0.1, -0.05) is 6.42 Å². The topological polar surface area (TPSA) is 44.3 Å². The first-order chi connectivity index (χ1) is 9.20. The van der Waals surface area contributed by atoms with Crippen molar-refractivity contribution in [3.8, 4) is 0 Å². The minimum Gasteiger partial charge on any atom is -0.359 e. The molecule has 1 aromatic rings. The van der Waals surface area contributed by atoms with Crippen LogP contribution < -0.4 is 15.1 Å². The fourth-order valence-corrected chi connectivity index (χ4v) is 2.30. The van der Waals surface area contributed by atoms with Crippen molar-refractivity contribution in [1.29, 1.82) is 0 Å². The van der Waals surface area contributed by atoms with E-state index in [0.717, 1.165) is 37.2 Å². The van der Waals surface area contributed by atoms with Gasteiger partial charge in [0, 0.05) is 39.8 Å². The van der Waals surface area contributed by atoms with E-state index in [1.807, 2.05) is 7.05 Å². The van der Waals surface area contributed by atoms with Crippen LogP contribution in [0.3, 0.4) is 0 Å². The number of nitrogens with zero attached hydrogens (tertiary/aromatic N) is 4. The van der Waals surface area contributed by atoms with Crippen LogP contribution in [0.4, 0.5) is 11.6 Å². The third-order valence-corrected chi connectivity index (χ3v) is 3.87. The fraction of sp³-hybridized carbons (Fsp3) is 0.714. The van der Waals surface area contributed by atoms with Crippen molar-refractivity contribution in [3.63, 3.8) is 0 Å². The van der Waals surface area contributed by atoms with Crippen LogP contribution in [0.1, 0.15) is 19.3 Å². The molecule has 0 unspecified atom stereocenters. The second kappa shape index (κ2) is 6.70. The highest BCUT2D eigenvalue weighted by molar-refractivity contribution is 5.49. The quantitative estimate of drug-likeness (QED) is 0.805. The zero-order valence-electron chi connectivity index (χ0n) is 12.3. The van der Waals surface area contributed by atoms with E-state index in [9.17, 15) is 0 Å². The molecule has 1 aromatic heterocycles. The number of likely N-dealkylation sites (N-methyl/N-ethyl adjacent to an activating group) is 2. The molecule has 1 fully saturated rings. The molecule has 1 saturated carbocycles. The Morgan fingerprint density at radius 2 is 1.89 bits per heavy atom. The molecule has 0 spiro atoms. The summed E-state index contributed by atoms with van der Waals surface area (Å²) < 4.78 is 0. The molecule has 0 atom stereocenters. The minimum atomic E-state index is 0.852. The monoisotopic (exact) mass is 263 g/mol. The zero-order valence-corrected chi connectivity index (χ0v) is 12.3. The van der Waals surface area contributed by atoms with Gasteiger partial charge in [0.1, 0.15) is 18.0 Å². The average Bonchev–Trinajstić information content (AvgIpc) is 2.40. The Kier molecular flexibility index (Phi) is 4.96. The van der Waals surface area contributed by atoms with E-state index in [4.69, 9.17) is 0 Å². The molecule has 1 aliphatic rings. The lowest BCUT2D eigenvalue weighted by Crippen LogP contribution is -2.31. The largest absolute Gasteiger partial charge is 0.359 e. The highest BCUT2D eigenvalue weighted by Gasteiger charge is 2.20. The molecule has 19 heavy (non-hydrogen) atoms. The van der Waals surface area contributed by atoms with Crippen molar-refractivity contribution in [2.75, 3.05) is 50.6 Å². The van der Waals surface area contributed by atoms with Gasteiger partial charge in [0.05, 0.1) is 0 Å². The Morgan fingerprint density at radius 3 is 2.47 bits per heavy atom. The van der Waals surface area contributed by atoms with Gasteiger partial charge >= 0.3 is 0 Å². The second-order valence-electron chi connectivity index (χ2n) is 5.44. The van der Waals surface area contributed by atoms with Gasteiger partial charge in [0.2, 0.25) is 0 Å². The van der Waals surface area contributed by atoms with Gasteiger partial charge in [0.25, 0.3) is 0 Å². The summed E-state index contributed by atoms with van der Waals surface area (Å²) in [6.45, 7) is 3.00. The molecule has 0 amide bonds. The lowest BCUT2D eigenvalue weighted by molar-refractivity contribution is 0.321. The maximum atomic E-state index is 4.39. The lowest BCUT2D eigenvalue weighted by atomic mass is 9.85. The smallest absolute Gasteiger partial charge is 0.133 e. The van der Waals surface area contributed by atoms with Crippen molar-refractivity contribution >= 4 is 11.6 Å². The van der Waals surface area contributed by atoms with Crippen LogP contribution in [0.25, 0.3) is 0 Å². The van der Waals surface area contributed by atoms with Gasteiger partial charge in [-0.25, -0.2) is 9.97 Å². The van der Waals surface area contributed by atoms with Crippen LogP contribution in [-0.4, -0.2) is 50.7 Å². The number of hydrogen-bond donors (Lipinski definition) is 1. The SMILES string of the molecule is CNCCN(C)c1cc(N(C)CC2CCC2)ncn1. The van der Waals surface area contributed by atoms with E-state index >= 15 is 0 Å². The second-order valence-corrected chi connectivity index (χ2v) is 5.44. The summed E-state index contributed by atoms with van der Waals surface area (Å²) in [4.78, 5) is 13.1. The molecule has 0 aromatic carbocycles. The summed E-state index contributed by atoms with van der Waals surface area (Å²) in [5.74, 6) is 2.86. The van der Waals surface area contributed by atoms with E-state index in [1.165, 1.54) is 19.3 Å². The van der Waals surface area contributed by atoms with Gasteiger partial charge in [-0.2, -0.15) is 0 Å². The predicted molar refractivity (Wildman–Crippen MR) is 79.8 cm³/mol. The Morgan fingerprint density at radius 1 is 1.21 bits per heavy atom. The standard InChI is InChI=1S/C14H25N5/c1-15-7-8-18(2)13-9-14(17-11-16-13)19(3)10-12-5-4-6-12/h9,11-12,15H,4-8,10H2,1-3H3. The van der Waals surface area contributed by atoms with Crippen molar-refractivity contribution in [1.82, 2.24) is 15.3 Å². The molecule has 2 rings (SSSR count). The molecule has 1 aliphatic carbocycles. The first kappa shape index (κ1) is 14.1. The number of nitrogens with one attached hydrogen (secondary N) is 1. The molecular weight excluding hydrogens is 238 g/mol. The molecule has 0 bridgehead atoms. The average molecular weight is 263 g/mol. The maximum Gasteiger partial charge on any atom is 0.133 e. The summed E-state index contributed by atoms with van der Waals surface area (Å²) >= 11 is 0. The summed E-state index contributed by atoms with van der Waals surface area (Å²) in [7, 11) is 6.15. The molecule has 5 heteroatoms. The van der Waals surface area contributed by atoms with E-state index in [-0.39, 0.29) is 0 Å². The highest BCUT2D eigenvalue weighted by atomic mass is 15.2. The normalized spacial score (nSPS) is 15.1. The van der Waals surface area contributed by atoms with E-state index in [0.29, 0.717) is 0 Å². The predicted octanol–water partition coefficient (Wildman–Crippen LogP) is 1.37. The molecule has 0 aliphatic heterocycles. The van der Waals surface area contributed by atoms with Crippen LogP contribution in [0.5, 0.6) is 0 Å². The Hall–Kier alpha value is -1.36. The van der Waals surface area contributed by atoms with E-state index in [2.05, 4.69) is 45.2 Å². The summed E-state index contributed by atoms with van der Waals surface area (Å²) in [6, 6.07) is 2.08. The molecule has 5 nitrogen and oxygen atoms in total. The van der Waals surface area contributed by atoms with E-state index in [1.54, 1.807) is 6.33 Å². The van der Waals surface area contributed by atoms with Crippen LogP contribution in [0, 0.1) is 5.92 Å². The molecule has 106 valence electrons. The molecular formula is C14H25N5. The molecule has 0 radical (unpaired) electrons. The number of rotatable bonds is 7. The zero-order chi connectivity index (χ0) is 13.7. The van der Waals surface area contributed by atoms with Gasteiger partial charge in [0.15, 0.2) is 0 Å². The summed E-state index contributed by atoms with van der Waals surface area (Å²) in [5, 5.41) is 3.15. The van der Waals surface area contributed by atoms with Crippen molar-refractivity contribution in [3.05, 3.63) is 12.4 Å². The number of aromatic nitrogens is 2. The van der Waals surface area contributed by atoms with Gasteiger partial charge in [-0.15, -0.1) is 0 Å². The van der Waals surface area contributed by atoms with Gasteiger partial charge < -0.3 is 15.1 Å². The molecule has 1 N–H and O–H groups in total.